The molecule has 0 radical (unpaired) electrons. The third-order valence-corrected chi connectivity index (χ3v) is 2.27. The first kappa shape index (κ1) is 9.74. The molecule has 0 saturated carbocycles. The van der Waals surface area contributed by atoms with Crippen LogP contribution < -0.4 is 0 Å². The first-order valence-electron chi connectivity index (χ1n) is 4.55. The second-order valence-corrected chi connectivity index (χ2v) is 3.33. The van der Waals surface area contributed by atoms with Crippen molar-refractivity contribution in [3.05, 3.63) is 23.7 Å². The highest BCUT2D eigenvalue weighted by Crippen LogP contribution is 2.21. The van der Waals surface area contributed by atoms with Gasteiger partial charge in [-0.05, 0) is 12.1 Å². The van der Waals surface area contributed by atoms with Gasteiger partial charge >= 0.3 is 5.97 Å². The number of rotatable bonds is 3. The second kappa shape index (κ2) is 3.75. The highest BCUT2D eigenvalue weighted by atomic mass is 16.5. The molecule has 5 heteroatoms. The second-order valence-electron chi connectivity index (χ2n) is 3.33. The average Bonchev–Trinajstić information content (AvgIpc) is 2.83. The van der Waals surface area contributed by atoms with Gasteiger partial charge in [0.25, 0.3) is 0 Å². The summed E-state index contributed by atoms with van der Waals surface area (Å²) < 4.78 is 9.77. The molecule has 2 unspecified atom stereocenters. The van der Waals surface area contributed by atoms with Crippen molar-refractivity contribution >= 4 is 5.97 Å². The fourth-order valence-corrected chi connectivity index (χ4v) is 1.35. The van der Waals surface area contributed by atoms with Crippen molar-refractivity contribution in [2.75, 3.05) is 13.7 Å². The molecule has 0 bridgehead atoms. The van der Waals surface area contributed by atoms with E-state index >= 15 is 0 Å². The van der Waals surface area contributed by atoms with E-state index in [1.165, 1.54) is 7.11 Å². The number of esters is 1. The lowest BCUT2D eigenvalue weighted by Crippen LogP contribution is -2.00. The van der Waals surface area contributed by atoms with Crippen LogP contribution in [0.2, 0.25) is 0 Å². The molecule has 0 aliphatic carbocycles. The van der Waals surface area contributed by atoms with Crippen LogP contribution in [0.4, 0.5) is 0 Å². The zero-order chi connectivity index (χ0) is 10.8. The Kier molecular flexibility index (Phi) is 2.44. The Morgan fingerprint density at radius 2 is 2.60 bits per heavy atom. The Bertz CT molecular complexity index is 419. The zero-order valence-electron chi connectivity index (χ0n) is 8.27. The summed E-state index contributed by atoms with van der Waals surface area (Å²) in [5.74, 6) is 0.389. The van der Waals surface area contributed by atoms with Gasteiger partial charge in [0, 0.05) is 6.54 Å². The minimum atomic E-state index is -0.483. The number of ether oxygens (including phenoxy) is 1. The van der Waals surface area contributed by atoms with Gasteiger partial charge in [0.1, 0.15) is 11.8 Å². The van der Waals surface area contributed by atoms with Crippen LogP contribution in [0.3, 0.4) is 0 Å². The fourth-order valence-electron chi connectivity index (χ4n) is 1.35. The first-order chi connectivity index (χ1) is 7.24. The van der Waals surface area contributed by atoms with E-state index in [0.717, 1.165) is 6.54 Å². The Labute approximate surface area is 86.8 Å². The van der Waals surface area contributed by atoms with Crippen molar-refractivity contribution in [1.29, 1.82) is 5.26 Å². The van der Waals surface area contributed by atoms with Crippen LogP contribution >= 0.6 is 0 Å². The van der Waals surface area contributed by atoms with Crippen molar-refractivity contribution in [2.24, 2.45) is 0 Å². The summed E-state index contributed by atoms with van der Waals surface area (Å²) >= 11 is 0. The normalized spacial score (nSPS) is 23.2. The summed E-state index contributed by atoms with van der Waals surface area (Å²) in [5.41, 5.74) is 0. The van der Waals surface area contributed by atoms with Gasteiger partial charge in [-0.3, -0.25) is 4.90 Å². The molecule has 0 spiro atoms. The van der Waals surface area contributed by atoms with E-state index in [0.29, 0.717) is 12.3 Å². The molecule has 15 heavy (non-hydrogen) atoms. The molecule has 0 aromatic carbocycles. The van der Waals surface area contributed by atoms with Crippen molar-refractivity contribution < 1.29 is 13.9 Å². The monoisotopic (exact) mass is 206 g/mol. The highest BCUT2D eigenvalue weighted by molar-refractivity contribution is 5.86. The van der Waals surface area contributed by atoms with Crippen LogP contribution in [0, 0.1) is 11.3 Å². The topological polar surface area (TPSA) is 66.2 Å². The van der Waals surface area contributed by atoms with Gasteiger partial charge in [-0.2, -0.15) is 5.26 Å². The lowest BCUT2D eigenvalue weighted by Gasteiger charge is -1.96. The van der Waals surface area contributed by atoms with Gasteiger partial charge in [-0.1, -0.05) is 0 Å². The Hall–Kier alpha value is -1.80. The smallest absolute Gasteiger partial charge is 0.373 e. The van der Waals surface area contributed by atoms with Crippen LogP contribution in [0.5, 0.6) is 0 Å². The molecule has 0 N–H and O–H groups in total. The molecule has 5 nitrogen and oxygen atoms in total. The number of methoxy groups -OCH3 is 1. The van der Waals surface area contributed by atoms with Crippen molar-refractivity contribution in [3.8, 4) is 6.07 Å². The Balaban J connectivity index is 1.97. The summed E-state index contributed by atoms with van der Waals surface area (Å²) in [5, 5.41) is 8.59. The van der Waals surface area contributed by atoms with Crippen LogP contribution in [0.1, 0.15) is 16.3 Å². The molecule has 78 valence electrons. The minimum absolute atomic E-state index is 0.00308. The van der Waals surface area contributed by atoms with Gasteiger partial charge < -0.3 is 9.15 Å². The van der Waals surface area contributed by atoms with E-state index in [9.17, 15) is 4.79 Å². The molecular weight excluding hydrogens is 196 g/mol. The van der Waals surface area contributed by atoms with Gasteiger partial charge in [0.15, 0.2) is 0 Å². The Morgan fingerprint density at radius 3 is 3.20 bits per heavy atom. The summed E-state index contributed by atoms with van der Waals surface area (Å²) in [6.07, 6.45) is 0. The van der Waals surface area contributed by atoms with Crippen LogP contribution in [-0.4, -0.2) is 30.6 Å². The van der Waals surface area contributed by atoms with Crippen molar-refractivity contribution in [2.45, 2.75) is 12.6 Å². The van der Waals surface area contributed by atoms with Crippen molar-refractivity contribution in [1.82, 2.24) is 4.90 Å². The summed E-state index contributed by atoms with van der Waals surface area (Å²) in [6.45, 7) is 1.33. The minimum Gasteiger partial charge on any atom is -0.463 e. The van der Waals surface area contributed by atoms with Gasteiger partial charge in [-0.25, -0.2) is 4.79 Å². The summed E-state index contributed by atoms with van der Waals surface area (Å²) in [7, 11) is 1.31. The molecule has 1 aliphatic rings. The van der Waals surface area contributed by atoms with E-state index in [1.54, 1.807) is 12.1 Å². The highest BCUT2D eigenvalue weighted by Gasteiger charge is 2.34. The average molecular weight is 206 g/mol. The predicted octanol–water partition coefficient (Wildman–Crippen LogP) is 0.774. The predicted molar refractivity (Wildman–Crippen MR) is 49.9 cm³/mol. The SMILES string of the molecule is COC(=O)c1ccc(CN2CC2C#N)o1. The van der Waals surface area contributed by atoms with Gasteiger partial charge in [0.05, 0.1) is 19.7 Å². The van der Waals surface area contributed by atoms with Crippen LogP contribution in [-0.2, 0) is 11.3 Å². The maximum atomic E-state index is 11.1. The third-order valence-electron chi connectivity index (χ3n) is 2.27. The Morgan fingerprint density at radius 1 is 1.80 bits per heavy atom. The molecular formula is C10H10N2O3. The van der Waals surface area contributed by atoms with Crippen LogP contribution in [0.15, 0.2) is 16.5 Å². The van der Waals surface area contributed by atoms with Gasteiger partial charge in [0.2, 0.25) is 5.76 Å². The number of furan rings is 1. The molecule has 1 aromatic heterocycles. The van der Waals surface area contributed by atoms with E-state index in [4.69, 9.17) is 9.68 Å². The van der Waals surface area contributed by atoms with Crippen molar-refractivity contribution in [3.63, 3.8) is 0 Å². The molecule has 1 aromatic rings. The number of hydrogen-bond acceptors (Lipinski definition) is 5. The zero-order valence-corrected chi connectivity index (χ0v) is 8.27. The van der Waals surface area contributed by atoms with E-state index in [-0.39, 0.29) is 11.8 Å². The molecule has 1 aliphatic heterocycles. The maximum absolute atomic E-state index is 11.1. The van der Waals surface area contributed by atoms with Crippen LogP contribution in [0.25, 0.3) is 0 Å². The number of nitriles is 1. The number of hydrogen-bond donors (Lipinski definition) is 0. The molecule has 1 fully saturated rings. The standard InChI is InChI=1S/C10H10N2O3/c1-14-10(13)9-3-2-8(15-9)6-12-5-7(12)4-11/h2-3,7H,5-6H2,1H3. The van der Waals surface area contributed by atoms with E-state index < -0.39 is 5.97 Å². The molecule has 1 saturated heterocycles. The quantitative estimate of drug-likeness (QED) is 0.540. The van der Waals surface area contributed by atoms with E-state index in [2.05, 4.69) is 10.8 Å². The molecule has 0 amide bonds. The van der Waals surface area contributed by atoms with E-state index in [1.807, 2.05) is 4.90 Å². The molecule has 2 heterocycles. The first-order valence-corrected chi connectivity index (χ1v) is 4.55. The lowest BCUT2D eigenvalue weighted by atomic mass is 10.4. The summed E-state index contributed by atoms with van der Waals surface area (Å²) in [4.78, 5) is 13.0. The largest absolute Gasteiger partial charge is 0.463 e. The number of carbonyl (C=O) groups is 1. The summed E-state index contributed by atoms with van der Waals surface area (Å²) in [6, 6.07) is 5.44. The van der Waals surface area contributed by atoms with Gasteiger partial charge in [-0.15, -0.1) is 0 Å². The fraction of sp³-hybridized carbons (Fsp3) is 0.400. The molecule has 2 rings (SSSR count). The maximum Gasteiger partial charge on any atom is 0.373 e. The third kappa shape index (κ3) is 2.00. The number of nitrogens with zero attached hydrogens (tertiary/aromatic N) is 2. The number of carbonyl (C=O) groups excluding carboxylic acids is 1. The molecule has 2 atom stereocenters. The lowest BCUT2D eigenvalue weighted by molar-refractivity contribution is 0.0562.